The molecule has 2 saturated heterocycles. The molecule has 2 N–H and O–H groups in total. The Hall–Kier alpha value is -2.73. The van der Waals surface area contributed by atoms with Crippen molar-refractivity contribution in [1.82, 2.24) is 15.5 Å². The summed E-state index contributed by atoms with van der Waals surface area (Å²) in [5.41, 5.74) is 2.01. The highest BCUT2D eigenvalue weighted by Gasteiger charge is 2.41. The van der Waals surface area contributed by atoms with Crippen molar-refractivity contribution in [3.8, 4) is 0 Å². The first-order chi connectivity index (χ1) is 17.0. The van der Waals surface area contributed by atoms with E-state index in [1.807, 2.05) is 18.2 Å². The Balaban J connectivity index is 1.15. The molecule has 3 fully saturated rings. The molecule has 0 aromatic heterocycles. The van der Waals surface area contributed by atoms with Crippen LogP contribution >= 0.6 is 0 Å². The van der Waals surface area contributed by atoms with Crippen LogP contribution in [0.3, 0.4) is 0 Å². The third-order valence-electron chi connectivity index (χ3n) is 8.20. The van der Waals surface area contributed by atoms with E-state index in [9.17, 15) is 14.0 Å². The first kappa shape index (κ1) is 24.0. The van der Waals surface area contributed by atoms with E-state index in [-0.39, 0.29) is 42.1 Å². The zero-order valence-electron chi connectivity index (χ0n) is 20.3. The van der Waals surface area contributed by atoms with Crippen LogP contribution in [0, 0.1) is 11.7 Å². The fourth-order valence-electron chi connectivity index (χ4n) is 6.07. The lowest BCUT2D eigenvalue weighted by Crippen LogP contribution is -2.51. The van der Waals surface area contributed by atoms with Crippen molar-refractivity contribution in [2.45, 2.75) is 82.0 Å². The van der Waals surface area contributed by atoms with Gasteiger partial charge in [-0.2, -0.15) is 0 Å². The minimum absolute atomic E-state index is 0.0114. The molecule has 3 aliphatic rings. The largest absolute Gasteiger partial charge is 0.353 e. The van der Waals surface area contributed by atoms with Gasteiger partial charge in [-0.25, -0.2) is 4.39 Å². The third-order valence-corrected chi connectivity index (χ3v) is 8.20. The van der Waals surface area contributed by atoms with E-state index in [1.165, 1.54) is 30.5 Å². The molecule has 2 heterocycles. The molecule has 2 aliphatic heterocycles. The van der Waals surface area contributed by atoms with Crippen molar-refractivity contribution in [3.63, 3.8) is 0 Å². The van der Waals surface area contributed by atoms with E-state index in [4.69, 9.17) is 0 Å². The number of hydrogen-bond acceptors (Lipinski definition) is 3. The monoisotopic (exact) mass is 477 g/mol. The van der Waals surface area contributed by atoms with Crippen molar-refractivity contribution in [2.24, 2.45) is 5.92 Å². The quantitative estimate of drug-likeness (QED) is 0.558. The van der Waals surface area contributed by atoms with Gasteiger partial charge in [0.25, 0.3) is 0 Å². The predicted octanol–water partition coefficient (Wildman–Crippen LogP) is 4.53. The Morgan fingerprint density at radius 3 is 2.26 bits per heavy atom. The molecule has 1 aliphatic carbocycles. The van der Waals surface area contributed by atoms with Gasteiger partial charge in [0.15, 0.2) is 0 Å². The van der Waals surface area contributed by atoms with E-state index < -0.39 is 0 Å². The van der Waals surface area contributed by atoms with E-state index in [0.717, 1.165) is 50.6 Å². The summed E-state index contributed by atoms with van der Waals surface area (Å²) in [4.78, 5) is 27.9. The number of rotatable bonds is 9. The molecule has 2 amide bonds. The number of piperidine rings is 1. The first-order valence-electron chi connectivity index (χ1n) is 13.2. The molecule has 3 atom stereocenters. The topological polar surface area (TPSA) is 61.4 Å². The smallest absolute Gasteiger partial charge is 0.224 e. The van der Waals surface area contributed by atoms with Gasteiger partial charge >= 0.3 is 0 Å². The average Bonchev–Trinajstić information content (AvgIpc) is 3.05. The van der Waals surface area contributed by atoms with Crippen molar-refractivity contribution in [2.75, 3.05) is 6.54 Å². The zero-order valence-corrected chi connectivity index (χ0v) is 20.3. The van der Waals surface area contributed by atoms with Crippen molar-refractivity contribution in [1.29, 1.82) is 0 Å². The van der Waals surface area contributed by atoms with Crippen LogP contribution in [0.5, 0.6) is 0 Å². The van der Waals surface area contributed by atoms with Gasteiger partial charge in [0, 0.05) is 30.6 Å². The molecule has 2 unspecified atom stereocenters. The molecule has 186 valence electrons. The van der Waals surface area contributed by atoms with Crippen LogP contribution in [0.4, 0.5) is 4.39 Å². The zero-order chi connectivity index (χ0) is 24.2. The van der Waals surface area contributed by atoms with Crippen LogP contribution < -0.4 is 10.6 Å². The van der Waals surface area contributed by atoms with E-state index >= 15 is 0 Å². The van der Waals surface area contributed by atoms with Gasteiger partial charge in [0.1, 0.15) is 5.82 Å². The van der Waals surface area contributed by atoms with Gasteiger partial charge in [-0.05, 0) is 68.2 Å². The summed E-state index contributed by atoms with van der Waals surface area (Å²) in [5, 5.41) is 6.57. The molecular weight excluding hydrogens is 441 g/mol. The highest BCUT2D eigenvalue weighted by Crippen LogP contribution is 2.37. The van der Waals surface area contributed by atoms with Crippen molar-refractivity contribution in [3.05, 3.63) is 71.5 Å². The second-order valence-corrected chi connectivity index (χ2v) is 10.6. The minimum Gasteiger partial charge on any atom is -0.353 e. The molecule has 6 heteroatoms. The predicted molar refractivity (Wildman–Crippen MR) is 134 cm³/mol. The lowest BCUT2D eigenvalue weighted by molar-refractivity contribution is -0.128. The number of carbonyl (C=O) groups is 2. The fourth-order valence-corrected chi connectivity index (χ4v) is 6.07. The van der Waals surface area contributed by atoms with Crippen LogP contribution in [-0.4, -0.2) is 41.4 Å². The molecule has 0 radical (unpaired) electrons. The summed E-state index contributed by atoms with van der Waals surface area (Å²) < 4.78 is 13.1. The summed E-state index contributed by atoms with van der Waals surface area (Å²) in [5.74, 6) is 0.120. The van der Waals surface area contributed by atoms with Gasteiger partial charge < -0.3 is 10.6 Å². The Bertz CT molecular complexity index is 994. The lowest BCUT2D eigenvalue weighted by Gasteiger charge is -2.40. The SMILES string of the molecule is O=C(Cc1ccc(F)cc1)NC1CC2CCC(C1)N2CC[C@H](NC(=O)C1CCC1)c1ccccc1. The van der Waals surface area contributed by atoms with Crippen LogP contribution in [0.15, 0.2) is 54.6 Å². The molecule has 1 saturated carbocycles. The summed E-state index contributed by atoms with van der Waals surface area (Å²) in [6, 6.07) is 17.7. The number of halogens is 1. The highest BCUT2D eigenvalue weighted by atomic mass is 19.1. The average molecular weight is 478 g/mol. The van der Waals surface area contributed by atoms with Gasteiger partial charge in [-0.3, -0.25) is 14.5 Å². The number of amides is 2. The molecule has 2 bridgehead atoms. The van der Waals surface area contributed by atoms with Crippen LogP contribution in [0.1, 0.15) is 68.5 Å². The molecule has 5 rings (SSSR count). The summed E-state index contributed by atoms with van der Waals surface area (Å²) in [7, 11) is 0. The molecule has 5 nitrogen and oxygen atoms in total. The Morgan fingerprint density at radius 1 is 0.943 bits per heavy atom. The third kappa shape index (κ3) is 5.92. The summed E-state index contributed by atoms with van der Waals surface area (Å²) in [6.45, 7) is 0.954. The van der Waals surface area contributed by atoms with Crippen LogP contribution in [0.25, 0.3) is 0 Å². The van der Waals surface area contributed by atoms with Gasteiger partial charge in [0.2, 0.25) is 11.8 Å². The highest BCUT2D eigenvalue weighted by molar-refractivity contribution is 5.80. The van der Waals surface area contributed by atoms with Gasteiger partial charge in [-0.15, -0.1) is 0 Å². The molecule has 2 aromatic carbocycles. The number of carbonyl (C=O) groups excluding carboxylic acids is 2. The standard InChI is InChI=1S/C29H36FN3O2/c30-23-11-9-20(10-12-23)17-28(34)31-24-18-25-13-14-26(19-24)33(25)16-15-27(21-5-2-1-3-6-21)32-29(35)22-7-4-8-22/h1-3,5-6,9-12,22,24-27H,4,7-8,13-19H2,(H,31,34)(H,32,35)/t24?,25?,26?,27-/m0/s1. The Labute approximate surface area is 207 Å². The van der Waals surface area contributed by atoms with Crippen LogP contribution in [-0.2, 0) is 16.0 Å². The van der Waals surface area contributed by atoms with E-state index in [1.54, 1.807) is 12.1 Å². The van der Waals surface area contributed by atoms with Crippen LogP contribution in [0.2, 0.25) is 0 Å². The lowest BCUT2D eigenvalue weighted by atomic mass is 9.84. The second kappa shape index (κ2) is 10.9. The number of nitrogens with zero attached hydrogens (tertiary/aromatic N) is 1. The molecule has 35 heavy (non-hydrogen) atoms. The number of benzene rings is 2. The maximum atomic E-state index is 13.1. The number of nitrogens with one attached hydrogen (secondary N) is 2. The van der Waals surface area contributed by atoms with E-state index in [0.29, 0.717) is 12.1 Å². The number of fused-ring (bicyclic) bond motifs is 2. The van der Waals surface area contributed by atoms with Crippen molar-refractivity contribution < 1.29 is 14.0 Å². The molecular formula is C29H36FN3O2. The summed E-state index contributed by atoms with van der Waals surface area (Å²) >= 11 is 0. The maximum absolute atomic E-state index is 13.1. The Kier molecular flexibility index (Phi) is 7.47. The maximum Gasteiger partial charge on any atom is 0.224 e. The van der Waals surface area contributed by atoms with Crippen molar-refractivity contribution >= 4 is 11.8 Å². The fraction of sp³-hybridized carbons (Fsp3) is 0.517. The second-order valence-electron chi connectivity index (χ2n) is 10.6. The van der Waals surface area contributed by atoms with E-state index in [2.05, 4.69) is 27.7 Å². The first-order valence-corrected chi connectivity index (χ1v) is 13.2. The normalized spacial score (nSPS) is 25.0. The molecule has 0 spiro atoms. The minimum atomic E-state index is -0.282. The Morgan fingerprint density at radius 2 is 1.63 bits per heavy atom. The molecule has 2 aromatic rings. The summed E-state index contributed by atoms with van der Waals surface area (Å²) in [6.07, 6.45) is 8.64. The number of hydrogen-bond donors (Lipinski definition) is 2. The van der Waals surface area contributed by atoms with Gasteiger partial charge in [0.05, 0.1) is 12.5 Å². The van der Waals surface area contributed by atoms with Gasteiger partial charge in [-0.1, -0.05) is 48.9 Å².